The number of aryl methyl sites for hydroxylation is 2. The Balaban J connectivity index is 1.27. The average Bonchev–Trinajstić information content (AvgIpc) is 3.48. The fourth-order valence-corrected chi connectivity index (χ4v) is 4.42. The van der Waals surface area contributed by atoms with Crippen LogP contribution in [0.3, 0.4) is 0 Å². The number of fused-ring (bicyclic) bond motifs is 1. The summed E-state index contributed by atoms with van der Waals surface area (Å²) in [6.07, 6.45) is 0.862. The molecular formula is C25H26N4O4. The number of likely N-dealkylation sites (tertiary alicyclic amines) is 1. The first-order valence-corrected chi connectivity index (χ1v) is 11.0. The van der Waals surface area contributed by atoms with E-state index in [4.69, 9.17) is 9.47 Å². The highest BCUT2D eigenvalue weighted by atomic mass is 16.7. The van der Waals surface area contributed by atoms with Crippen molar-refractivity contribution in [3.63, 3.8) is 0 Å². The molecule has 0 bridgehead atoms. The molecule has 8 nitrogen and oxygen atoms in total. The number of amides is 2. The Morgan fingerprint density at radius 3 is 2.70 bits per heavy atom. The van der Waals surface area contributed by atoms with Crippen LogP contribution in [-0.2, 0) is 22.7 Å². The molecule has 1 aromatic heterocycles. The first kappa shape index (κ1) is 21.1. The summed E-state index contributed by atoms with van der Waals surface area (Å²) in [5.41, 5.74) is 4.72. The maximum atomic E-state index is 13.1. The summed E-state index contributed by atoms with van der Waals surface area (Å²) in [7, 11) is 0. The third-order valence-electron chi connectivity index (χ3n) is 6.05. The van der Waals surface area contributed by atoms with E-state index in [-0.39, 0.29) is 18.6 Å². The normalized spacial score (nSPS) is 17.0. The first-order valence-electron chi connectivity index (χ1n) is 11.0. The Hall–Kier alpha value is -3.81. The zero-order valence-electron chi connectivity index (χ0n) is 18.7. The van der Waals surface area contributed by atoms with Crippen LogP contribution in [0.5, 0.6) is 11.5 Å². The smallest absolute Gasteiger partial charge is 0.247 e. The molecule has 3 heterocycles. The van der Waals surface area contributed by atoms with Gasteiger partial charge in [-0.1, -0.05) is 18.2 Å². The summed E-state index contributed by atoms with van der Waals surface area (Å²) in [6, 6.07) is 14.9. The van der Waals surface area contributed by atoms with Gasteiger partial charge >= 0.3 is 0 Å². The van der Waals surface area contributed by atoms with Gasteiger partial charge in [0.25, 0.3) is 0 Å². The first-order chi connectivity index (χ1) is 16.0. The number of benzene rings is 2. The second-order valence-corrected chi connectivity index (χ2v) is 8.54. The Labute approximate surface area is 192 Å². The van der Waals surface area contributed by atoms with E-state index in [1.165, 1.54) is 0 Å². The van der Waals surface area contributed by atoms with Crippen molar-refractivity contribution in [2.24, 2.45) is 0 Å². The monoisotopic (exact) mass is 446 g/mol. The van der Waals surface area contributed by atoms with Gasteiger partial charge in [-0.05, 0) is 61.7 Å². The maximum Gasteiger partial charge on any atom is 0.247 e. The molecule has 2 aliphatic rings. The standard InChI is InChI=1S/C25H26N4O4/c1-16-10-17(2)29(27-16)14-18-4-3-5-20(11-18)26-25(31)21-7-9-24(30)28(21)13-19-6-8-22-23(12-19)33-15-32-22/h3-6,8,10-12,21H,7,9,13-15H2,1-2H3,(H,26,31). The van der Waals surface area contributed by atoms with Gasteiger partial charge in [-0.15, -0.1) is 0 Å². The fourth-order valence-electron chi connectivity index (χ4n) is 4.42. The van der Waals surface area contributed by atoms with Crippen LogP contribution < -0.4 is 14.8 Å². The number of nitrogens with zero attached hydrogens (tertiary/aromatic N) is 3. The summed E-state index contributed by atoms with van der Waals surface area (Å²) < 4.78 is 12.7. The molecule has 1 saturated heterocycles. The number of carbonyl (C=O) groups excluding carboxylic acids is 2. The third kappa shape index (κ3) is 4.41. The number of rotatable bonds is 6. The van der Waals surface area contributed by atoms with Crippen molar-refractivity contribution < 1.29 is 19.1 Å². The van der Waals surface area contributed by atoms with Gasteiger partial charge in [0, 0.05) is 24.3 Å². The molecule has 1 N–H and O–H groups in total. The third-order valence-corrected chi connectivity index (χ3v) is 6.05. The van der Waals surface area contributed by atoms with Gasteiger partial charge in [0.2, 0.25) is 18.6 Å². The molecule has 170 valence electrons. The van der Waals surface area contributed by atoms with Crippen molar-refractivity contribution in [1.29, 1.82) is 0 Å². The second-order valence-electron chi connectivity index (χ2n) is 8.54. The summed E-state index contributed by atoms with van der Waals surface area (Å²) in [5.74, 6) is 1.16. The van der Waals surface area contributed by atoms with Crippen LogP contribution in [0.2, 0.25) is 0 Å². The van der Waals surface area contributed by atoms with Crippen molar-refractivity contribution in [2.45, 2.75) is 45.8 Å². The highest BCUT2D eigenvalue weighted by Gasteiger charge is 2.36. The molecule has 5 rings (SSSR count). The van der Waals surface area contributed by atoms with E-state index in [0.717, 1.165) is 22.5 Å². The van der Waals surface area contributed by atoms with Gasteiger partial charge in [-0.3, -0.25) is 14.3 Å². The lowest BCUT2D eigenvalue weighted by atomic mass is 10.1. The fraction of sp³-hybridized carbons (Fsp3) is 0.320. The number of anilines is 1. The van der Waals surface area contributed by atoms with E-state index in [1.54, 1.807) is 4.90 Å². The minimum absolute atomic E-state index is 0.0221. The Kier molecular flexibility index (Phi) is 5.50. The molecule has 8 heteroatoms. The van der Waals surface area contributed by atoms with Crippen LogP contribution in [0.4, 0.5) is 5.69 Å². The van der Waals surface area contributed by atoms with Crippen molar-refractivity contribution >= 4 is 17.5 Å². The number of hydrogen-bond donors (Lipinski definition) is 1. The van der Waals surface area contributed by atoms with Crippen molar-refractivity contribution in [1.82, 2.24) is 14.7 Å². The summed E-state index contributed by atoms with van der Waals surface area (Å²) in [6.45, 7) is 5.17. The number of carbonyl (C=O) groups is 2. The average molecular weight is 447 g/mol. The van der Waals surface area contributed by atoms with Crippen molar-refractivity contribution in [3.8, 4) is 11.5 Å². The minimum Gasteiger partial charge on any atom is -0.454 e. The van der Waals surface area contributed by atoms with E-state index in [2.05, 4.69) is 10.4 Å². The van der Waals surface area contributed by atoms with E-state index < -0.39 is 6.04 Å². The van der Waals surface area contributed by atoms with Crippen molar-refractivity contribution in [2.75, 3.05) is 12.1 Å². The summed E-state index contributed by atoms with van der Waals surface area (Å²) in [4.78, 5) is 27.3. The molecule has 1 fully saturated rings. The predicted octanol–water partition coefficient (Wildman–Crippen LogP) is 3.41. The van der Waals surface area contributed by atoms with E-state index in [1.807, 2.05) is 67.1 Å². The molecule has 2 amide bonds. The quantitative estimate of drug-likeness (QED) is 0.627. The highest BCUT2D eigenvalue weighted by Crippen LogP contribution is 2.33. The number of hydrogen-bond acceptors (Lipinski definition) is 5. The molecule has 0 aliphatic carbocycles. The largest absolute Gasteiger partial charge is 0.454 e. The molecular weight excluding hydrogens is 420 g/mol. The zero-order valence-corrected chi connectivity index (χ0v) is 18.7. The number of nitrogens with one attached hydrogen (secondary N) is 1. The molecule has 0 radical (unpaired) electrons. The Morgan fingerprint density at radius 2 is 1.88 bits per heavy atom. The number of aromatic nitrogens is 2. The van der Waals surface area contributed by atoms with Crippen molar-refractivity contribution in [3.05, 3.63) is 71.0 Å². The van der Waals surface area contributed by atoms with Gasteiger partial charge in [0.15, 0.2) is 11.5 Å². The molecule has 1 atom stereocenters. The van der Waals surface area contributed by atoms with E-state index in [0.29, 0.717) is 43.1 Å². The van der Waals surface area contributed by atoms with Gasteiger partial charge in [0.05, 0.1) is 12.2 Å². The minimum atomic E-state index is -0.511. The van der Waals surface area contributed by atoms with Crippen LogP contribution in [0.15, 0.2) is 48.5 Å². The summed E-state index contributed by atoms with van der Waals surface area (Å²) in [5, 5.41) is 7.51. The molecule has 2 aromatic carbocycles. The van der Waals surface area contributed by atoms with Gasteiger partial charge in [-0.2, -0.15) is 5.10 Å². The Morgan fingerprint density at radius 1 is 1.06 bits per heavy atom. The van der Waals surface area contributed by atoms with Gasteiger partial charge in [0.1, 0.15) is 6.04 Å². The van der Waals surface area contributed by atoms with Crippen LogP contribution >= 0.6 is 0 Å². The lowest BCUT2D eigenvalue weighted by Gasteiger charge is -2.24. The van der Waals surface area contributed by atoms with Gasteiger partial charge < -0.3 is 19.7 Å². The van der Waals surface area contributed by atoms with E-state index >= 15 is 0 Å². The zero-order chi connectivity index (χ0) is 22.9. The topological polar surface area (TPSA) is 85.7 Å². The van der Waals surface area contributed by atoms with Crippen LogP contribution in [0, 0.1) is 13.8 Å². The SMILES string of the molecule is Cc1cc(C)n(Cc2cccc(NC(=O)C3CCC(=O)N3Cc3ccc4c(c3)OCO4)c2)n1. The second kappa shape index (κ2) is 8.61. The molecule has 2 aliphatic heterocycles. The lowest BCUT2D eigenvalue weighted by molar-refractivity contribution is -0.133. The molecule has 0 saturated carbocycles. The highest BCUT2D eigenvalue weighted by molar-refractivity contribution is 5.99. The van der Waals surface area contributed by atoms with Crippen LogP contribution in [0.25, 0.3) is 0 Å². The molecule has 33 heavy (non-hydrogen) atoms. The summed E-state index contributed by atoms with van der Waals surface area (Å²) >= 11 is 0. The maximum absolute atomic E-state index is 13.1. The van der Waals surface area contributed by atoms with Crippen LogP contribution in [0.1, 0.15) is 35.4 Å². The molecule has 1 unspecified atom stereocenters. The van der Waals surface area contributed by atoms with E-state index in [9.17, 15) is 9.59 Å². The van der Waals surface area contributed by atoms with Crippen LogP contribution in [-0.4, -0.2) is 39.3 Å². The lowest BCUT2D eigenvalue weighted by Crippen LogP contribution is -2.41. The molecule has 3 aromatic rings. The predicted molar refractivity (Wildman–Crippen MR) is 122 cm³/mol. The molecule has 0 spiro atoms. The Bertz CT molecular complexity index is 1220. The van der Waals surface area contributed by atoms with Gasteiger partial charge in [-0.25, -0.2) is 0 Å². The number of ether oxygens (including phenoxy) is 2.